The van der Waals surface area contributed by atoms with Crippen molar-refractivity contribution in [1.82, 2.24) is 9.88 Å². The number of hydrogen-bond acceptors (Lipinski definition) is 5. The molecule has 7 heteroatoms. The fraction of sp³-hybridized carbons (Fsp3) is 0.350. The number of phenolic OH excluding ortho intramolecular Hbond substituents is 1. The second kappa shape index (κ2) is 7.65. The maximum absolute atomic E-state index is 12.9. The number of benzene rings is 1. The topological polar surface area (TPSA) is 109 Å². The highest BCUT2D eigenvalue weighted by atomic mass is 16.3. The van der Waals surface area contributed by atoms with E-state index in [2.05, 4.69) is 17.2 Å². The summed E-state index contributed by atoms with van der Waals surface area (Å²) in [5.74, 6) is -0.472. The number of hydrogen-bond donors (Lipinski definition) is 3. The fourth-order valence-corrected chi connectivity index (χ4v) is 3.42. The van der Waals surface area contributed by atoms with E-state index in [0.717, 1.165) is 24.0 Å². The van der Waals surface area contributed by atoms with Crippen LogP contribution in [0.4, 0.5) is 11.5 Å². The van der Waals surface area contributed by atoms with E-state index in [1.165, 1.54) is 6.20 Å². The quantitative estimate of drug-likeness (QED) is 0.706. The highest BCUT2D eigenvalue weighted by Gasteiger charge is 2.34. The molecule has 2 amide bonds. The Kier molecular flexibility index (Phi) is 5.30. The third-order valence-electron chi connectivity index (χ3n) is 4.90. The van der Waals surface area contributed by atoms with Crippen LogP contribution in [0.2, 0.25) is 0 Å². The molecule has 1 aromatic carbocycles. The number of aromatic nitrogens is 1. The molecule has 1 aliphatic rings. The van der Waals surface area contributed by atoms with Crippen LogP contribution >= 0.6 is 0 Å². The molecule has 0 radical (unpaired) electrons. The molecule has 2 heterocycles. The number of phenols is 1. The molecular weight excluding hydrogens is 344 g/mol. The minimum Gasteiger partial charge on any atom is -0.508 e. The van der Waals surface area contributed by atoms with E-state index >= 15 is 0 Å². The lowest BCUT2D eigenvalue weighted by Gasteiger charge is -2.38. The third-order valence-corrected chi connectivity index (χ3v) is 4.90. The highest BCUT2D eigenvalue weighted by Crippen LogP contribution is 2.34. The van der Waals surface area contributed by atoms with Crippen molar-refractivity contribution in [3.05, 3.63) is 47.7 Å². The molecule has 142 valence electrons. The first-order chi connectivity index (χ1) is 12.8. The second-order valence-corrected chi connectivity index (χ2v) is 7.13. The van der Waals surface area contributed by atoms with Crippen LogP contribution in [0, 0.1) is 12.8 Å². The first-order valence-electron chi connectivity index (χ1n) is 8.98. The standard InChI is InChI=1S/C20H24N4O3/c1-12-6-7-17(14-4-3-5-16(25)9-14)24(11-12)20(27)19(26)23-15-8-13(2)18(21)22-10-15/h3-5,8-10,12,17,25H,6-7,11H2,1-2H3,(H2,21,22)(H,23,26)/t12-,17+/m0/s1. The first kappa shape index (κ1) is 18.7. The van der Waals surface area contributed by atoms with E-state index in [1.54, 1.807) is 36.1 Å². The molecule has 1 fully saturated rings. The minimum atomic E-state index is -0.708. The van der Waals surface area contributed by atoms with Crippen molar-refractivity contribution in [3.63, 3.8) is 0 Å². The summed E-state index contributed by atoms with van der Waals surface area (Å²) in [6.45, 7) is 4.33. The number of piperidine rings is 1. The molecule has 0 spiro atoms. The predicted molar refractivity (Wildman–Crippen MR) is 103 cm³/mol. The summed E-state index contributed by atoms with van der Waals surface area (Å²) in [6, 6.07) is 8.29. The predicted octanol–water partition coefficient (Wildman–Crippen LogP) is 2.62. The van der Waals surface area contributed by atoms with Gasteiger partial charge in [0.1, 0.15) is 11.6 Å². The van der Waals surface area contributed by atoms with Crippen molar-refractivity contribution in [1.29, 1.82) is 0 Å². The summed E-state index contributed by atoms with van der Waals surface area (Å²) >= 11 is 0. The number of nitrogens with zero attached hydrogens (tertiary/aromatic N) is 2. The number of carbonyl (C=O) groups excluding carboxylic acids is 2. The molecule has 27 heavy (non-hydrogen) atoms. The normalized spacial score (nSPS) is 19.6. The second-order valence-electron chi connectivity index (χ2n) is 7.13. The van der Waals surface area contributed by atoms with Crippen LogP contribution in [0.15, 0.2) is 36.5 Å². The molecule has 2 aromatic rings. The van der Waals surface area contributed by atoms with Crippen LogP contribution in [0.3, 0.4) is 0 Å². The number of anilines is 2. The van der Waals surface area contributed by atoms with E-state index in [-0.39, 0.29) is 11.8 Å². The van der Waals surface area contributed by atoms with Crippen molar-refractivity contribution in [2.45, 2.75) is 32.7 Å². The van der Waals surface area contributed by atoms with Gasteiger partial charge in [0.15, 0.2) is 0 Å². The smallest absolute Gasteiger partial charge is 0.313 e. The zero-order valence-electron chi connectivity index (χ0n) is 15.5. The van der Waals surface area contributed by atoms with Gasteiger partial charge in [0.05, 0.1) is 17.9 Å². The number of nitrogens with one attached hydrogen (secondary N) is 1. The lowest BCUT2D eigenvalue weighted by atomic mass is 9.89. The molecule has 1 aromatic heterocycles. The van der Waals surface area contributed by atoms with Gasteiger partial charge in [-0.25, -0.2) is 4.98 Å². The van der Waals surface area contributed by atoms with Crippen molar-refractivity contribution >= 4 is 23.3 Å². The van der Waals surface area contributed by atoms with Gasteiger partial charge in [-0.1, -0.05) is 19.1 Å². The van der Waals surface area contributed by atoms with Gasteiger partial charge in [-0.15, -0.1) is 0 Å². The van der Waals surface area contributed by atoms with Crippen molar-refractivity contribution in [2.75, 3.05) is 17.6 Å². The Labute approximate surface area is 158 Å². The van der Waals surface area contributed by atoms with Gasteiger partial charge in [-0.05, 0) is 55.0 Å². The van der Waals surface area contributed by atoms with Crippen LogP contribution in [0.1, 0.15) is 36.9 Å². The van der Waals surface area contributed by atoms with Gasteiger partial charge in [-0.3, -0.25) is 9.59 Å². The molecule has 7 nitrogen and oxygen atoms in total. The fourth-order valence-electron chi connectivity index (χ4n) is 3.42. The molecule has 0 aliphatic carbocycles. The van der Waals surface area contributed by atoms with Crippen molar-refractivity contribution < 1.29 is 14.7 Å². The average Bonchev–Trinajstić information content (AvgIpc) is 2.64. The molecule has 1 saturated heterocycles. The number of nitrogen functional groups attached to an aromatic ring is 1. The number of amides is 2. The molecule has 2 atom stereocenters. The van der Waals surface area contributed by atoms with Crippen LogP contribution in [0.25, 0.3) is 0 Å². The summed E-state index contributed by atoms with van der Waals surface area (Å²) in [4.78, 5) is 31.0. The maximum Gasteiger partial charge on any atom is 0.313 e. The van der Waals surface area contributed by atoms with Gasteiger partial charge in [0.2, 0.25) is 0 Å². The van der Waals surface area contributed by atoms with E-state index in [1.807, 2.05) is 6.07 Å². The van der Waals surface area contributed by atoms with Gasteiger partial charge in [-0.2, -0.15) is 0 Å². The van der Waals surface area contributed by atoms with Crippen molar-refractivity contribution in [3.8, 4) is 5.75 Å². The summed E-state index contributed by atoms with van der Waals surface area (Å²) in [6.07, 6.45) is 3.12. The molecule has 1 aliphatic heterocycles. The minimum absolute atomic E-state index is 0.145. The van der Waals surface area contributed by atoms with E-state index in [0.29, 0.717) is 24.0 Å². The summed E-state index contributed by atoms with van der Waals surface area (Å²) in [7, 11) is 0. The largest absolute Gasteiger partial charge is 0.508 e. The number of carbonyl (C=O) groups is 2. The molecule has 0 unspecified atom stereocenters. The van der Waals surface area contributed by atoms with Gasteiger partial charge in [0, 0.05) is 6.54 Å². The Bertz CT molecular complexity index is 868. The van der Waals surface area contributed by atoms with Crippen LogP contribution in [-0.4, -0.2) is 33.3 Å². The molecule has 3 rings (SSSR count). The number of aryl methyl sites for hydroxylation is 1. The van der Waals surface area contributed by atoms with E-state index < -0.39 is 11.8 Å². The van der Waals surface area contributed by atoms with Gasteiger partial charge < -0.3 is 21.1 Å². The molecular formula is C20H24N4O3. The van der Waals surface area contributed by atoms with E-state index in [9.17, 15) is 14.7 Å². The lowest BCUT2D eigenvalue weighted by molar-refractivity contribution is -0.146. The van der Waals surface area contributed by atoms with Gasteiger partial charge >= 0.3 is 11.8 Å². The number of aromatic hydroxyl groups is 1. The van der Waals surface area contributed by atoms with Crippen LogP contribution < -0.4 is 11.1 Å². The lowest BCUT2D eigenvalue weighted by Crippen LogP contribution is -2.46. The number of nitrogens with two attached hydrogens (primary N) is 1. The number of pyridine rings is 1. The monoisotopic (exact) mass is 368 g/mol. The molecule has 0 saturated carbocycles. The van der Waals surface area contributed by atoms with Gasteiger partial charge in [0.25, 0.3) is 0 Å². The maximum atomic E-state index is 12.9. The number of likely N-dealkylation sites (tertiary alicyclic amines) is 1. The summed E-state index contributed by atoms with van der Waals surface area (Å²) < 4.78 is 0. The zero-order chi connectivity index (χ0) is 19.6. The molecule has 0 bridgehead atoms. The SMILES string of the molecule is Cc1cc(NC(=O)C(=O)N2C[C@@H](C)CC[C@@H]2c2cccc(O)c2)cnc1N. The Morgan fingerprint density at radius 1 is 1.30 bits per heavy atom. The first-order valence-corrected chi connectivity index (χ1v) is 8.98. The van der Waals surface area contributed by atoms with Crippen LogP contribution in [0.5, 0.6) is 5.75 Å². The molecule has 4 N–H and O–H groups in total. The summed E-state index contributed by atoms with van der Waals surface area (Å²) in [5, 5.41) is 12.4. The van der Waals surface area contributed by atoms with E-state index in [4.69, 9.17) is 5.73 Å². The third kappa shape index (κ3) is 4.19. The average molecular weight is 368 g/mol. The van der Waals surface area contributed by atoms with Crippen LogP contribution in [-0.2, 0) is 9.59 Å². The Morgan fingerprint density at radius 3 is 2.78 bits per heavy atom. The number of rotatable bonds is 2. The Balaban J connectivity index is 1.80. The zero-order valence-corrected chi connectivity index (χ0v) is 15.5. The Morgan fingerprint density at radius 2 is 2.07 bits per heavy atom. The van der Waals surface area contributed by atoms with Crippen molar-refractivity contribution in [2.24, 2.45) is 5.92 Å². The highest BCUT2D eigenvalue weighted by molar-refractivity contribution is 6.39. The Hall–Kier alpha value is -3.09. The summed E-state index contributed by atoms with van der Waals surface area (Å²) in [5.41, 5.74) is 7.67.